The highest BCUT2D eigenvalue weighted by Crippen LogP contribution is 2.22. The van der Waals surface area contributed by atoms with Crippen LogP contribution in [0.5, 0.6) is 5.75 Å². The molecule has 1 aromatic carbocycles. The van der Waals surface area contributed by atoms with Crippen LogP contribution in [0.3, 0.4) is 0 Å². The predicted molar refractivity (Wildman–Crippen MR) is 63.0 cm³/mol. The van der Waals surface area contributed by atoms with Crippen LogP contribution in [0, 0.1) is 11.3 Å². The Hall–Kier alpha value is -1.54. The van der Waals surface area contributed by atoms with E-state index < -0.39 is 0 Å². The molecule has 1 rings (SSSR count). The molecule has 0 bridgehead atoms. The largest absolute Gasteiger partial charge is 0.482 e. The second-order valence-electron chi connectivity index (χ2n) is 2.99. The first-order chi connectivity index (χ1) is 7.67. The maximum Gasteiger partial charge on any atom is 0.257 e. The Labute approximate surface area is 102 Å². The van der Waals surface area contributed by atoms with Crippen molar-refractivity contribution in [2.75, 3.05) is 13.2 Å². The second kappa shape index (κ2) is 6.13. The van der Waals surface area contributed by atoms with Crippen molar-refractivity contribution in [2.45, 2.75) is 6.92 Å². The van der Waals surface area contributed by atoms with Gasteiger partial charge in [0.15, 0.2) is 6.61 Å². The number of ether oxygens (including phenoxy) is 1. The van der Waals surface area contributed by atoms with Crippen molar-refractivity contribution in [3.05, 3.63) is 28.2 Å². The highest BCUT2D eigenvalue weighted by atomic mass is 79.9. The van der Waals surface area contributed by atoms with Crippen LogP contribution in [0.15, 0.2) is 22.7 Å². The van der Waals surface area contributed by atoms with Crippen molar-refractivity contribution in [3.63, 3.8) is 0 Å². The monoisotopic (exact) mass is 282 g/mol. The van der Waals surface area contributed by atoms with Crippen LogP contribution in [-0.4, -0.2) is 19.1 Å². The molecule has 0 radical (unpaired) electrons. The van der Waals surface area contributed by atoms with E-state index in [2.05, 4.69) is 21.2 Å². The van der Waals surface area contributed by atoms with Gasteiger partial charge in [0, 0.05) is 11.0 Å². The van der Waals surface area contributed by atoms with Crippen LogP contribution < -0.4 is 10.1 Å². The molecular weight excluding hydrogens is 272 g/mol. The lowest BCUT2D eigenvalue weighted by Gasteiger charge is -2.07. The van der Waals surface area contributed by atoms with Gasteiger partial charge in [0.2, 0.25) is 0 Å². The number of hydrogen-bond donors (Lipinski definition) is 1. The van der Waals surface area contributed by atoms with Crippen LogP contribution in [0.2, 0.25) is 0 Å². The Balaban J connectivity index is 2.67. The number of hydrogen-bond acceptors (Lipinski definition) is 3. The molecule has 84 valence electrons. The maximum atomic E-state index is 11.2. The quantitative estimate of drug-likeness (QED) is 0.917. The molecule has 0 aliphatic heterocycles. The van der Waals surface area contributed by atoms with E-state index in [0.717, 1.165) is 4.47 Å². The van der Waals surface area contributed by atoms with E-state index in [0.29, 0.717) is 17.9 Å². The van der Waals surface area contributed by atoms with Gasteiger partial charge in [-0.2, -0.15) is 5.26 Å². The molecule has 0 aliphatic carbocycles. The Morgan fingerprint density at radius 2 is 2.38 bits per heavy atom. The molecule has 0 aromatic heterocycles. The summed E-state index contributed by atoms with van der Waals surface area (Å²) >= 11 is 3.26. The van der Waals surface area contributed by atoms with E-state index in [9.17, 15) is 4.79 Å². The minimum atomic E-state index is -0.200. The van der Waals surface area contributed by atoms with Crippen LogP contribution >= 0.6 is 15.9 Å². The summed E-state index contributed by atoms with van der Waals surface area (Å²) in [6.07, 6.45) is 0. The molecule has 0 aliphatic rings. The van der Waals surface area contributed by atoms with Gasteiger partial charge in [-0.1, -0.05) is 15.9 Å². The predicted octanol–water partition coefficient (Wildman–Crippen LogP) is 1.84. The van der Waals surface area contributed by atoms with Gasteiger partial charge in [-0.3, -0.25) is 4.79 Å². The first kappa shape index (κ1) is 12.5. The molecule has 0 spiro atoms. The van der Waals surface area contributed by atoms with Crippen LogP contribution in [-0.2, 0) is 4.79 Å². The molecule has 0 saturated heterocycles. The summed E-state index contributed by atoms with van der Waals surface area (Å²) in [6, 6.07) is 7.06. The molecule has 1 aromatic rings. The van der Waals surface area contributed by atoms with Crippen LogP contribution in [0.4, 0.5) is 0 Å². The number of nitrogens with zero attached hydrogens (tertiary/aromatic N) is 1. The van der Waals surface area contributed by atoms with Gasteiger partial charge in [0.05, 0.1) is 5.56 Å². The molecule has 1 amide bonds. The number of amides is 1. The minimum Gasteiger partial charge on any atom is -0.482 e. The Morgan fingerprint density at radius 3 is 3.00 bits per heavy atom. The van der Waals surface area contributed by atoms with Gasteiger partial charge in [0.25, 0.3) is 5.91 Å². The summed E-state index contributed by atoms with van der Waals surface area (Å²) in [5, 5.41) is 11.5. The van der Waals surface area contributed by atoms with Gasteiger partial charge in [-0.15, -0.1) is 0 Å². The molecule has 0 saturated carbocycles. The third-order valence-corrected chi connectivity index (χ3v) is 2.29. The number of benzene rings is 1. The minimum absolute atomic E-state index is 0.0792. The van der Waals surface area contributed by atoms with Crippen molar-refractivity contribution < 1.29 is 9.53 Å². The zero-order valence-corrected chi connectivity index (χ0v) is 10.4. The lowest BCUT2D eigenvalue weighted by atomic mass is 10.2. The summed E-state index contributed by atoms with van der Waals surface area (Å²) in [7, 11) is 0. The van der Waals surface area contributed by atoms with Gasteiger partial charge >= 0.3 is 0 Å². The van der Waals surface area contributed by atoms with E-state index in [-0.39, 0.29) is 12.5 Å². The van der Waals surface area contributed by atoms with Crippen LogP contribution in [0.1, 0.15) is 12.5 Å². The molecular formula is C11H11BrN2O2. The molecule has 1 N–H and O–H groups in total. The first-order valence-corrected chi connectivity index (χ1v) is 5.55. The highest BCUT2D eigenvalue weighted by molar-refractivity contribution is 9.10. The number of carbonyl (C=O) groups is 1. The summed E-state index contributed by atoms with van der Waals surface area (Å²) in [6.45, 7) is 2.32. The fourth-order valence-electron chi connectivity index (χ4n) is 1.11. The zero-order chi connectivity index (χ0) is 12.0. The summed E-state index contributed by atoms with van der Waals surface area (Å²) in [5.74, 6) is 0.214. The average Bonchev–Trinajstić information content (AvgIpc) is 2.27. The number of likely N-dealkylation sites (N-methyl/N-ethyl adjacent to an activating group) is 1. The Kier molecular flexibility index (Phi) is 4.80. The van der Waals surface area contributed by atoms with Crippen molar-refractivity contribution in [1.82, 2.24) is 5.32 Å². The molecule has 5 heteroatoms. The number of nitriles is 1. The van der Waals surface area contributed by atoms with E-state index in [4.69, 9.17) is 10.00 Å². The number of nitrogens with one attached hydrogen (secondary N) is 1. The van der Waals surface area contributed by atoms with E-state index >= 15 is 0 Å². The lowest BCUT2D eigenvalue weighted by Crippen LogP contribution is -2.28. The zero-order valence-electron chi connectivity index (χ0n) is 8.79. The summed E-state index contributed by atoms with van der Waals surface area (Å²) in [5.41, 5.74) is 0.402. The third kappa shape index (κ3) is 3.55. The number of carbonyl (C=O) groups excluding carboxylic acids is 1. The second-order valence-corrected chi connectivity index (χ2v) is 3.91. The van der Waals surface area contributed by atoms with E-state index in [1.807, 2.05) is 13.0 Å². The summed E-state index contributed by atoms with van der Waals surface area (Å²) in [4.78, 5) is 11.2. The van der Waals surface area contributed by atoms with Gasteiger partial charge in [-0.25, -0.2) is 0 Å². The standard InChI is InChI=1S/C11H11BrN2O2/c1-2-14-11(15)7-16-10-4-3-9(12)5-8(10)6-13/h3-5H,2,7H2,1H3,(H,14,15). The molecule has 4 nitrogen and oxygen atoms in total. The molecule has 0 heterocycles. The topological polar surface area (TPSA) is 62.1 Å². The van der Waals surface area contributed by atoms with Gasteiger partial charge in [-0.05, 0) is 25.1 Å². The fraction of sp³-hybridized carbons (Fsp3) is 0.273. The highest BCUT2D eigenvalue weighted by Gasteiger charge is 2.06. The molecule has 0 atom stereocenters. The average molecular weight is 283 g/mol. The van der Waals surface area contributed by atoms with Gasteiger partial charge < -0.3 is 10.1 Å². The fourth-order valence-corrected chi connectivity index (χ4v) is 1.47. The molecule has 0 unspecified atom stereocenters. The van der Waals surface area contributed by atoms with Crippen molar-refractivity contribution >= 4 is 21.8 Å². The van der Waals surface area contributed by atoms with Crippen LogP contribution in [0.25, 0.3) is 0 Å². The Morgan fingerprint density at radius 1 is 1.62 bits per heavy atom. The lowest BCUT2D eigenvalue weighted by molar-refractivity contribution is -0.122. The summed E-state index contributed by atoms with van der Waals surface area (Å²) < 4.78 is 6.04. The molecule has 0 fully saturated rings. The molecule has 16 heavy (non-hydrogen) atoms. The number of halogens is 1. The number of rotatable bonds is 4. The van der Waals surface area contributed by atoms with Gasteiger partial charge in [0.1, 0.15) is 11.8 Å². The van der Waals surface area contributed by atoms with E-state index in [1.165, 1.54) is 0 Å². The van der Waals surface area contributed by atoms with E-state index in [1.54, 1.807) is 18.2 Å². The Bertz CT molecular complexity index is 426. The SMILES string of the molecule is CCNC(=O)COc1ccc(Br)cc1C#N. The third-order valence-electron chi connectivity index (χ3n) is 1.79. The normalized spacial score (nSPS) is 9.31. The van der Waals surface area contributed by atoms with Crippen molar-refractivity contribution in [3.8, 4) is 11.8 Å². The van der Waals surface area contributed by atoms with Crippen molar-refractivity contribution in [1.29, 1.82) is 5.26 Å². The maximum absolute atomic E-state index is 11.2. The van der Waals surface area contributed by atoms with Crippen molar-refractivity contribution in [2.24, 2.45) is 0 Å². The first-order valence-electron chi connectivity index (χ1n) is 4.76. The smallest absolute Gasteiger partial charge is 0.257 e.